The fraction of sp³-hybridized carbons (Fsp3) is 0.200. The van der Waals surface area contributed by atoms with Crippen LogP contribution in [0.4, 0.5) is 11.4 Å². The molecular weight excluding hydrogens is 268 g/mol. The van der Waals surface area contributed by atoms with Crippen LogP contribution in [-0.4, -0.2) is 9.97 Å². The number of pyridine rings is 1. The molecule has 0 aliphatic carbocycles. The molecule has 102 valence electrons. The standard InChI is InChI=1S/C15H16N4S/c1-9-8-20-15(18-9)10(2)19-13-6-5-12(16)11-4-3-7-17-14(11)13/h3-8,10,19H,16H2,1-2H3. The van der Waals surface area contributed by atoms with E-state index >= 15 is 0 Å². The Hall–Kier alpha value is -2.14. The van der Waals surface area contributed by atoms with Crippen molar-refractivity contribution in [3.8, 4) is 0 Å². The number of nitrogens with zero attached hydrogens (tertiary/aromatic N) is 2. The van der Waals surface area contributed by atoms with Crippen LogP contribution in [0.25, 0.3) is 10.9 Å². The van der Waals surface area contributed by atoms with Crippen LogP contribution >= 0.6 is 11.3 Å². The lowest BCUT2D eigenvalue weighted by Crippen LogP contribution is -2.07. The average molecular weight is 284 g/mol. The quantitative estimate of drug-likeness (QED) is 0.719. The van der Waals surface area contributed by atoms with Crippen LogP contribution in [0.3, 0.4) is 0 Å². The summed E-state index contributed by atoms with van der Waals surface area (Å²) in [5.74, 6) is 0. The van der Waals surface area contributed by atoms with Crippen molar-refractivity contribution >= 4 is 33.6 Å². The molecule has 0 radical (unpaired) electrons. The molecule has 4 nitrogen and oxygen atoms in total. The predicted octanol–water partition coefficient (Wildman–Crippen LogP) is 3.76. The normalized spacial score (nSPS) is 12.5. The smallest absolute Gasteiger partial charge is 0.115 e. The SMILES string of the molecule is Cc1csc(C(C)Nc2ccc(N)c3cccnc23)n1. The molecular formula is C15H16N4S. The van der Waals surface area contributed by atoms with Crippen LogP contribution in [0.5, 0.6) is 0 Å². The fourth-order valence-electron chi connectivity index (χ4n) is 2.18. The van der Waals surface area contributed by atoms with Gasteiger partial charge in [-0.1, -0.05) is 0 Å². The van der Waals surface area contributed by atoms with E-state index in [-0.39, 0.29) is 6.04 Å². The van der Waals surface area contributed by atoms with E-state index < -0.39 is 0 Å². The first kappa shape index (κ1) is 12.9. The summed E-state index contributed by atoms with van der Waals surface area (Å²) in [6.45, 7) is 4.11. The molecule has 0 fully saturated rings. The summed E-state index contributed by atoms with van der Waals surface area (Å²) in [6.07, 6.45) is 1.78. The number of hydrogen-bond acceptors (Lipinski definition) is 5. The third-order valence-corrected chi connectivity index (χ3v) is 4.33. The van der Waals surface area contributed by atoms with Gasteiger partial charge in [0.1, 0.15) is 5.01 Å². The van der Waals surface area contributed by atoms with E-state index in [0.717, 1.165) is 33.0 Å². The van der Waals surface area contributed by atoms with Gasteiger partial charge in [0, 0.05) is 28.3 Å². The minimum atomic E-state index is 0.141. The number of nitrogen functional groups attached to an aromatic ring is 1. The molecule has 0 saturated carbocycles. The van der Waals surface area contributed by atoms with Gasteiger partial charge >= 0.3 is 0 Å². The topological polar surface area (TPSA) is 63.8 Å². The van der Waals surface area contributed by atoms with E-state index in [1.54, 1.807) is 17.5 Å². The Morgan fingerprint density at radius 3 is 2.90 bits per heavy atom. The Bertz CT molecular complexity index is 750. The molecule has 2 aromatic heterocycles. The highest BCUT2D eigenvalue weighted by atomic mass is 32.1. The van der Waals surface area contributed by atoms with E-state index in [1.807, 2.05) is 31.2 Å². The van der Waals surface area contributed by atoms with E-state index in [0.29, 0.717) is 0 Å². The molecule has 3 rings (SSSR count). The van der Waals surface area contributed by atoms with E-state index in [4.69, 9.17) is 5.73 Å². The van der Waals surface area contributed by atoms with Gasteiger partial charge in [0.05, 0.1) is 17.2 Å². The molecule has 0 bridgehead atoms. The third-order valence-electron chi connectivity index (χ3n) is 3.18. The van der Waals surface area contributed by atoms with Crippen molar-refractivity contribution in [2.45, 2.75) is 19.9 Å². The second-order valence-electron chi connectivity index (χ2n) is 4.80. The van der Waals surface area contributed by atoms with Crippen molar-refractivity contribution in [1.29, 1.82) is 0 Å². The van der Waals surface area contributed by atoms with Crippen LogP contribution in [-0.2, 0) is 0 Å². The van der Waals surface area contributed by atoms with Gasteiger partial charge in [0.25, 0.3) is 0 Å². The number of nitrogens with one attached hydrogen (secondary N) is 1. The number of nitrogens with two attached hydrogens (primary N) is 1. The van der Waals surface area contributed by atoms with Crippen molar-refractivity contribution in [2.75, 3.05) is 11.1 Å². The second-order valence-corrected chi connectivity index (χ2v) is 5.68. The highest BCUT2D eigenvalue weighted by Crippen LogP contribution is 2.29. The molecule has 0 spiro atoms. The Kier molecular flexibility index (Phi) is 3.28. The molecule has 0 aliphatic heterocycles. The van der Waals surface area contributed by atoms with Crippen molar-refractivity contribution < 1.29 is 0 Å². The number of aromatic nitrogens is 2. The summed E-state index contributed by atoms with van der Waals surface area (Å²) in [7, 11) is 0. The van der Waals surface area contributed by atoms with Crippen molar-refractivity contribution in [3.05, 3.63) is 46.5 Å². The zero-order valence-corrected chi connectivity index (χ0v) is 12.2. The number of rotatable bonds is 3. The number of fused-ring (bicyclic) bond motifs is 1. The molecule has 1 unspecified atom stereocenters. The van der Waals surface area contributed by atoms with Gasteiger partial charge in [-0.2, -0.15) is 0 Å². The lowest BCUT2D eigenvalue weighted by atomic mass is 10.1. The highest BCUT2D eigenvalue weighted by Gasteiger charge is 2.12. The number of benzene rings is 1. The van der Waals surface area contributed by atoms with Crippen LogP contribution in [0.1, 0.15) is 23.7 Å². The zero-order valence-electron chi connectivity index (χ0n) is 11.4. The van der Waals surface area contributed by atoms with Gasteiger partial charge in [0.15, 0.2) is 0 Å². The first-order chi connectivity index (χ1) is 9.65. The summed E-state index contributed by atoms with van der Waals surface area (Å²) in [6, 6.07) is 7.91. The minimum Gasteiger partial charge on any atom is -0.398 e. The number of hydrogen-bond donors (Lipinski definition) is 2. The molecule has 0 saturated heterocycles. The second kappa shape index (κ2) is 5.09. The Morgan fingerprint density at radius 1 is 1.30 bits per heavy atom. The maximum atomic E-state index is 5.99. The van der Waals surface area contributed by atoms with Crippen LogP contribution in [0.15, 0.2) is 35.8 Å². The molecule has 5 heteroatoms. The number of anilines is 2. The molecule has 1 aromatic carbocycles. The Morgan fingerprint density at radius 2 is 2.15 bits per heavy atom. The summed E-state index contributed by atoms with van der Waals surface area (Å²) in [5, 5.41) is 7.58. The first-order valence-corrected chi connectivity index (χ1v) is 7.35. The lowest BCUT2D eigenvalue weighted by Gasteiger charge is -2.15. The van der Waals surface area contributed by atoms with Gasteiger partial charge in [-0.25, -0.2) is 4.98 Å². The van der Waals surface area contributed by atoms with Crippen LogP contribution in [0, 0.1) is 6.92 Å². The largest absolute Gasteiger partial charge is 0.398 e. The van der Waals surface area contributed by atoms with E-state index in [9.17, 15) is 0 Å². The van der Waals surface area contributed by atoms with E-state index in [1.165, 1.54) is 0 Å². The van der Waals surface area contributed by atoms with Gasteiger partial charge in [0.2, 0.25) is 0 Å². The Balaban J connectivity index is 1.97. The fourth-order valence-corrected chi connectivity index (χ4v) is 2.98. The monoisotopic (exact) mass is 284 g/mol. The van der Waals surface area contributed by atoms with Crippen molar-refractivity contribution in [2.24, 2.45) is 0 Å². The van der Waals surface area contributed by atoms with Gasteiger partial charge < -0.3 is 11.1 Å². The predicted molar refractivity (Wildman–Crippen MR) is 85.0 cm³/mol. The van der Waals surface area contributed by atoms with Crippen LogP contribution in [0.2, 0.25) is 0 Å². The molecule has 1 atom stereocenters. The van der Waals surface area contributed by atoms with Crippen molar-refractivity contribution in [3.63, 3.8) is 0 Å². The molecule has 0 amide bonds. The van der Waals surface area contributed by atoms with Gasteiger partial charge in [-0.15, -0.1) is 11.3 Å². The first-order valence-electron chi connectivity index (χ1n) is 6.47. The van der Waals surface area contributed by atoms with Gasteiger partial charge in [-0.3, -0.25) is 4.98 Å². The summed E-state index contributed by atoms with van der Waals surface area (Å²) < 4.78 is 0. The average Bonchev–Trinajstić information content (AvgIpc) is 2.89. The summed E-state index contributed by atoms with van der Waals surface area (Å²) in [5.41, 5.74) is 9.67. The zero-order chi connectivity index (χ0) is 14.1. The summed E-state index contributed by atoms with van der Waals surface area (Å²) >= 11 is 1.67. The summed E-state index contributed by atoms with van der Waals surface area (Å²) in [4.78, 5) is 8.95. The molecule has 3 aromatic rings. The molecule has 0 aliphatic rings. The number of aryl methyl sites for hydroxylation is 1. The Labute approximate surface area is 121 Å². The molecule has 20 heavy (non-hydrogen) atoms. The van der Waals surface area contributed by atoms with E-state index in [2.05, 4.69) is 27.6 Å². The maximum Gasteiger partial charge on any atom is 0.115 e. The number of thiazole rings is 1. The molecule has 3 N–H and O–H groups in total. The third kappa shape index (κ3) is 2.32. The molecule has 2 heterocycles. The lowest BCUT2D eigenvalue weighted by molar-refractivity contribution is 0.865. The van der Waals surface area contributed by atoms with Crippen molar-refractivity contribution in [1.82, 2.24) is 9.97 Å². The minimum absolute atomic E-state index is 0.141. The maximum absolute atomic E-state index is 5.99. The van der Waals surface area contributed by atoms with Gasteiger partial charge in [-0.05, 0) is 38.1 Å². The van der Waals surface area contributed by atoms with Crippen LogP contribution < -0.4 is 11.1 Å². The highest BCUT2D eigenvalue weighted by molar-refractivity contribution is 7.09.